The second-order valence-electron chi connectivity index (χ2n) is 7.50. The van der Waals surface area contributed by atoms with E-state index in [1.807, 2.05) is 0 Å². The van der Waals surface area contributed by atoms with Gasteiger partial charge in [-0.15, -0.1) is 0 Å². The van der Waals surface area contributed by atoms with E-state index < -0.39 is 29.3 Å². The highest BCUT2D eigenvalue weighted by molar-refractivity contribution is 5.96. The van der Waals surface area contributed by atoms with Gasteiger partial charge in [0.15, 0.2) is 11.6 Å². The maximum atomic E-state index is 13.8. The van der Waals surface area contributed by atoms with E-state index in [-0.39, 0.29) is 24.5 Å². The van der Waals surface area contributed by atoms with Crippen molar-refractivity contribution >= 4 is 11.9 Å². The predicted octanol–water partition coefficient (Wildman–Crippen LogP) is 4.94. The summed E-state index contributed by atoms with van der Waals surface area (Å²) in [6.07, 6.45) is 6.25. The number of hydrogen-bond acceptors (Lipinski definition) is 6. The van der Waals surface area contributed by atoms with Gasteiger partial charge in [-0.05, 0) is 24.1 Å². The molecule has 2 rings (SSSR count). The summed E-state index contributed by atoms with van der Waals surface area (Å²) in [5.41, 5.74) is 0.318. The molecule has 2 aromatic rings. The van der Waals surface area contributed by atoms with Crippen LogP contribution in [0.3, 0.4) is 0 Å². The second-order valence-corrected chi connectivity index (χ2v) is 7.50. The Labute approximate surface area is 192 Å². The van der Waals surface area contributed by atoms with Gasteiger partial charge in [0.1, 0.15) is 18.1 Å². The number of carbonyl (C=O) groups excluding carboxylic acids is 2. The largest absolute Gasteiger partial charge is 0.481 e. The number of hydrogen-bond donors (Lipinski definition) is 0. The van der Waals surface area contributed by atoms with Gasteiger partial charge in [0.25, 0.3) is 0 Å². The van der Waals surface area contributed by atoms with Gasteiger partial charge < -0.3 is 9.47 Å². The van der Waals surface area contributed by atoms with Crippen molar-refractivity contribution < 1.29 is 28.5 Å². The Morgan fingerprint density at radius 3 is 2.42 bits per heavy atom. The van der Waals surface area contributed by atoms with Gasteiger partial charge in [-0.3, -0.25) is 4.79 Å². The molecule has 0 aliphatic carbocycles. The van der Waals surface area contributed by atoms with Crippen LogP contribution < -0.4 is 4.74 Å². The molecule has 1 amide bonds. The molecule has 0 aliphatic rings. The molecule has 0 aliphatic heterocycles. The summed E-state index contributed by atoms with van der Waals surface area (Å²) in [6, 6.07) is 11.4. The van der Waals surface area contributed by atoms with Crippen molar-refractivity contribution in [2.75, 3.05) is 13.2 Å². The second kappa shape index (κ2) is 13.8. The average molecular weight is 461 g/mol. The molecule has 0 heterocycles. The molecule has 9 heteroatoms. The van der Waals surface area contributed by atoms with Crippen LogP contribution in [-0.4, -0.2) is 35.1 Å². The van der Waals surface area contributed by atoms with Crippen molar-refractivity contribution in [1.29, 1.82) is 0 Å². The third-order valence-corrected chi connectivity index (χ3v) is 4.89. The quantitative estimate of drug-likeness (QED) is 0.171. The lowest BCUT2D eigenvalue weighted by atomic mass is 10.1. The van der Waals surface area contributed by atoms with Crippen LogP contribution in [-0.2, 0) is 16.1 Å². The number of esters is 1. The standard InChI is InChI=1S/C24H29FN2O6/c1-2-3-4-5-6-10-15-32-23(28)18-33-22-16-20(25)13-14-21(22)24(29)26(27(30)31)17-19-11-8-7-9-12-19/h7-9,11-14,16H,2-6,10,15,17-18H2,1H3. The van der Waals surface area contributed by atoms with Crippen molar-refractivity contribution in [3.05, 3.63) is 75.6 Å². The minimum absolute atomic E-state index is 0.229. The number of halogens is 1. The fourth-order valence-corrected chi connectivity index (χ4v) is 3.14. The zero-order valence-corrected chi connectivity index (χ0v) is 18.7. The van der Waals surface area contributed by atoms with Crippen LogP contribution >= 0.6 is 0 Å². The molecule has 0 N–H and O–H groups in total. The fourth-order valence-electron chi connectivity index (χ4n) is 3.14. The molecule has 8 nitrogen and oxygen atoms in total. The van der Waals surface area contributed by atoms with Gasteiger partial charge in [-0.2, -0.15) is 0 Å². The summed E-state index contributed by atoms with van der Waals surface area (Å²) < 4.78 is 24.2. The Morgan fingerprint density at radius 1 is 1.03 bits per heavy atom. The van der Waals surface area contributed by atoms with E-state index >= 15 is 0 Å². The summed E-state index contributed by atoms with van der Waals surface area (Å²) in [5, 5.41) is 11.1. The van der Waals surface area contributed by atoms with E-state index in [4.69, 9.17) is 9.47 Å². The van der Waals surface area contributed by atoms with Gasteiger partial charge in [0.05, 0.1) is 12.2 Å². The normalized spacial score (nSPS) is 10.5. The smallest absolute Gasteiger partial charge is 0.344 e. The van der Waals surface area contributed by atoms with Crippen LogP contribution in [0.2, 0.25) is 0 Å². The molecule has 0 saturated heterocycles. The molecule has 0 saturated carbocycles. The van der Waals surface area contributed by atoms with Crippen LogP contribution in [0.25, 0.3) is 0 Å². The molecule has 0 atom stereocenters. The van der Waals surface area contributed by atoms with E-state index in [2.05, 4.69) is 6.92 Å². The summed E-state index contributed by atoms with van der Waals surface area (Å²) in [7, 11) is 0. The third kappa shape index (κ3) is 8.88. The van der Waals surface area contributed by atoms with Gasteiger partial charge in [-0.25, -0.2) is 19.3 Å². The number of rotatable bonds is 14. The summed E-state index contributed by atoms with van der Waals surface area (Å²) in [5.74, 6) is -2.63. The zero-order valence-electron chi connectivity index (χ0n) is 18.7. The summed E-state index contributed by atoms with van der Waals surface area (Å²) in [4.78, 5) is 36.3. The molecule has 0 fully saturated rings. The van der Waals surface area contributed by atoms with Crippen LogP contribution in [0.15, 0.2) is 48.5 Å². The summed E-state index contributed by atoms with van der Waals surface area (Å²) in [6.45, 7) is 1.55. The molecule has 0 spiro atoms. The van der Waals surface area contributed by atoms with Crippen LogP contribution in [0.1, 0.15) is 61.4 Å². The minimum atomic E-state index is -0.987. The third-order valence-electron chi connectivity index (χ3n) is 4.89. The number of nitro groups is 1. The first kappa shape index (κ1) is 25.8. The highest BCUT2D eigenvalue weighted by atomic mass is 19.1. The van der Waals surface area contributed by atoms with E-state index in [1.165, 1.54) is 6.42 Å². The van der Waals surface area contributed by atoms with Gasteiger partial charge in [0, 0.05) is 6.07 Å². The Kier molecular flexibility index (Phi) is 10.8. The van der Waals surface area contributed by atoms with Crippen molar-refractivity contribution in [3.8, 4) is 5.75 Å². The number of amides is 1. The molecule has 33 heavy (non-hydrogen) atoms. The van der Waals surface area contributed by atoms with Crippen molar-refractivity contribution in [2.45, 2.75) is 52.0 Å². The summed E-state index contributed by atoms with van der Waals surface area (Å²) >= 11 is 0. The number of carbonyl (C=O) groups is 2. The van der Waals surface area contributed by atoms with Crippen molar-refractivity contribution in [1.82, 2.24) is 5.01 Å². The van der Waals surface area contributed by atoms with E-state index in [1.54, 1.807) is 30.3 Å². The average Bonchev–Trinajstić information content (AvgIpc) is 2.80. The number of ether oxygens (including phenoxy) is 2. The Morgan fingerprint density at radius 2 is 1.73 bits per heavy atom. The molecule has 0 unspecified atom stereocenters. The number of nitrogens with zero attached hydrogens (tertiary/aromatic N) is 2. The van der Waals surface area contributed by atoms with Gasteiger partial charge >= 0.3 is 11.9 Å². The van der Waals surface area contributed by atoms with E-state index in [0.29, 0.717) is 10.6 Å². The van der Waals surface area contributed by atoms with E-state index in [9.17, 15) is 24.1 Å². The van der Waals surface area contributed by atoms with Crippen LogP contribution in [0.5, 0.6) is 5.75 Å². The molecular weight excluding hydrogens is 431 g/mol. The molecule has 0 bridgehead atoms. The molecule has 178 valence electrons. The van der Waals surface area contributed by atoms with Crippen molar-refractivity contribution in [3.63, 3.8) is 0 Å². The maximum Gasteiger partial charge on any atom is 0.344 e. The topological polar surface area (TPSA) is 99.0 Å². The monoisotopic (exact) mass is 460 g/mol. The Bertz CT molecular complexity index is 922. The molecule has 0 radical (unpaired) electrons. The van der Waals surface area contributed by atoms with Crippen molar-refractivity contribution in [2.24, 2.45) is 0 Å². The predicted molar refractivity (Wildman–Crippen MR) is 120 cm³/mol. The maximum absolute atomic E-state index is 13.8. The van der Waals surface area contributed by atoms with Crippen LogP contribution in [0.4, 0.5) is 4.39 Å². The molecule has 2 aromatic carbocycles. The first-order valence-electron chi connectivity index (χ1n) is 11.0. The van der Waals surface area contributed by atoms with E-state index in [0.717, 1.165) is 50.3 Å². The van der Waals surface area contributed by atoms with Crippen LogP contribution in [0, 0.1) is 15.9 Å². The first-order chi connectivity index (χ1) is 15.9. The SMILES string of the molecule is CCCCCCCCOC(=O)COc1cc(F)ccc1C(=O)N(Cc1ccccc1)[N+](=O)[O-]. The first-order valence-corrected chi connectivity index (χ1v) is 11.0. The molecule has 0 aromatic heterocycles. The van der Waals surface area contributed by atoms with Gasteiger partial charge in [0.2, 0.25) is 0 Å². The lowest BCUT2D eigenvalue weighted by molar-refractivity contribution is -0.635. The zero-order chi connectivity index (χ0) is 24.1. The highest BCUT2D eigenvalue weighted by Gasteiger charge is 2.29. The minimum Gasteiger partial charge on any atom is -0.481 e. The lowest BCUT2D eigenvalue weighted by Crippen LogP contribution is -2.36. The Balaban J connectivity index is 1.97. The number of unbranched alkanes of at least 4 members (excludes halogenated alkanes) is 5. The number of benzene rings is 2. The Hall–Kier alpha value is -3.49. The number of hydrazine groups is 1. The fraction of sp³-hybridized carbons (Fsp3) is 0.417. The highest BCUT2D eigenvalue weighted by Crippen LogP contribution is 2.23. The molecular formula is C24H29FN2O6. The lowest BCUT2D eigenvalue weighted by Gasteiger charge is -2.15. The van der Waals surface area contributed by atoms with Gasteiger partial charge in [-0.1, -0.05) is 74.4 Å².